The smallest absolute Gasteiger partial charge is 0.240 e. The third-order valence-corrected chi connectivity index (χ3v) is 2.75. The molecule has 1 aromatic carbocycles. The van der Waals surface area contributed by atoms with Crippen molar-refractivity contribution in [1.29, 1.82) is 5.26 Å². The highest BCUT2D eigenvalue weighted by atomic mass is 16.5. The molecule has 1 heterocycles. The number of nitrogens with one attached hydrogen (secondary N) is 1. The minimum absolute atomic E-state index is 0.0300. The lowest BCUT2D eigenvalue weighted by Gasteiger charge is -2.07. The molecule has 5 heteroatoms. The second-order valence-corrected chi connectivity index (χ2v) is 4.00. The molecular formula is C14H15N3O2. The van der Waals surface area contributed by atoms with E-state index in [0.717, 1.165) is 16.7 Å². The number of hydrogen-bond donors (Lipinski definition) is 1. The summed E-state index contributed by atoms with van der Waals surface area (Å²) in [5.74, 6) is 0.636. The van der Waals surface area contributed by atoms with Gasteiger partial charge in [0.15, 0.2) is 0 Å². The lowest BCUT2D eigenvalue weighted by Crippen LogP contribution is -2.27. The number of hydrogen-bond acceptors (Lipinski definition) is 3. The van der Waals surface area contributed by atoms with Gasteiger partial charge in [0, 0.05) is 11.6 Å². The zero-order valence-electron chi connectivity index (χ0n) is 10.7. The quantitative estimate of drug-likeness (QED) is 0.829. The molecule has 0 bridgehead atoms. The number of carbonyl (C=O) groups is 1. The Hall–Kier alpha value is -2.48. The molecule has 98 valence electrons. The first-order valence-electron chi connectivity index (χ1n) is 6.10. The maximum Gasteiger partial charge on any atom is 0.240 e. The molecule has 19 heavy (non-hydrogen) atoms. The molecule has 0 saturated carbocycles. The first kappa shape index (κ1) is 13.0. The van der Waals surface area contributed by atoms with Crippen LogP contribution in [0.5, 0.6) is 5.75 Å². The monoisotopic (exact) mass is 257 g/mol. The average Bonchev–Trinajstić information content (AvgIpc) is 2.81. The van der Waals surface area contributed by atoms with Gasteiger partial charge in [-0.05, 0) is 25.1 Å². The van der Waals surface area contributed by atoms with Crippen molar-refractivity contribution in [2.24, 2.45) is 0 Å². The summed E-state index contributed by atoms with van der Waals surface area (Å²) in [6, 6.07) is 9.56. The van der Waals surface area contributed by atoms with Gasteiger partial charge in [-0.1, -0.05) is 6.07 Å². The van der Waals surface area contributed by atoms with Crippen molar-refractivity contribution in [3.8, 4) is 11.8 Å². The van der Waals surface area contributed by atoms with Gasteiger partial charge in [0.1, 0.15) is 18.8 Å². The van der Waals surface area contributed by atoms with Crippen LogP contribution in [0.15, 0.2) is 30.5 Å². The van der Waals surface area contributed by atoms with Crippen LogP contribution in [-0.2, 0) is 11.3 Å². The van der Waals surface area contributed by atoms with E-state index in [1.165, 1.54) is 0 Å². The summed E-state index contributed by atoms with van der Waals surface area (Å²) in [6.07, 6.45) is 1.85. The standard InChI is InChI=1S/C14H15N3O2/c1-2-19-13-5-3-4-12-11(13)6-9-17(12)10-14(18)16-8-7-15/h3-6,9H,2,8,10H2,1H3,(H,16,18). The lowest BCUT2D eigenvalue weighted by molar-refractivity contribution is -0.121. The summed E-state index contributed by atoms with van der Waals surface area (Å²) in [4.78, 5) is 11.6. The van der Waals surface area contributed by atoms with Crippen LogP contribution in [0, 0.1) is 11.3 Å². The Kier molecular flexibility index (Phi) is 4.04. The topological polar surface area (TPSA) is 67.0 Å². The minimum atomic E-state index is -0.180. The van der Waals surface area contributed by atoms with Crippen molar-refractivity contribution in [3.05, 3.63) is 30.5 Å². The lowest BCUT2D eigenvalue weighted by atomic mass is 10.2. The van der Waals surface area contributed by atoms with Gasteiger partial charge in [0.25, 0.3) is 0 Å². The summed E-state index contributed by atoms with van der Waals surface area (Å²) in [5.41, 5.74) is 0.943. The van der Waals surface area contributed by atoms with E-state index in [1.54, 1.807) is 0 Å². The number of fused-ring (bicyclic) bond motifs is 1. The molecular weight excluding hydrogens is 242 g/mol. The zero-order valence-corrected chi connectivity index (χ0v) is 10.7. The molecule has 1 N–H and O–H groups in total. The van der Waals surface area contributed by atoms with E-state index < -0.39 is 0 Å². The predicted octanol–water partition coefficient (Wildman–Crippen LogP) is 1.68. The molecule has 0 spiro atoms. The van der Waals surface area contributed by atoms with Crippen LogP contribution < -0.4 is 10.1 Å². The first-order chi connectivity index (χ1) is 9.26. The molecule has 0 atom stereocenters. The Balaban J connectivity index is 2.23. The Morgan fingerprint density at radius 2 is 2.32 bits per heavy atom. The van der Waals surface area contributed by atoms with Crippen molar-refractivity contribution in [2.45, 2.75) is 13.5 Å². The van der Waals surface area contributed by atoms with Gasteiger partial charge in [0.05, 0.1) is 18.2 Å². The van der Waals surface area contributed by atoms with Crippen LogP contribution in [0.3, 0.4) is 0 Å². The second kappa shape index (κ2) is 5.91. The Morgan fingerprint density at radius 3 is 3.05 bits per heavy atom. The highest BCUT2D eigenvalue weighted by Crippen LogP contribution is 2.26. The third-order valence-electron chi connectivity index (χ3n) is 2.75. The molecule has 2 aromatic rings. The Labute approximate surface area is 111 Å². The van der Waals surface area contributed by atoms with Gasteiger partial charge < -0.3 is 14.6 Å². The van der Waals surface area contributed by atoms with E-state index >= 15 is 0 Å². The SMILES string of the molecule is CCOc1cccc2c1ccn2CC(=O)NCC#N. The molecule has 0 aliphatic carbocycles. The summed E-state index contributed by atoms with van der Waals surface area (Å²) in [7, 11) is 0. The van der Waals surface area contributed by atoms with E-state index in [0.29, 0.717) is 6.61 Å². The minimum Gasteiger partial charge on any atom is -0.493 e. The van der Waals surface area contributed by atoms with Crippen LogP contribution >= 0.6 is 0 Å². The average molecular weight is 257 g/mol. The molecule has 0 aliphatic heterocycles. The summed E-state index contributed by atoms with van der Waals surface area (Å²) < 4.78 is 7.38. The number of nitrogens with zero attached hydrogens (tertiary/aromatic N) is 2. The Bertz CT molecular complexity index is 625. The fourth-order valence-corrected chi connectivity index (χ4v) is 1.96. The molecule has 0 fully saturated rings. The number of ether oxygens (including phenoxy) is 1. The number of rotatable bonds is 5. The Morgan fingerprint density at radius 1 is 1.47 bits per heavy atom. The summed E-state index contributed by atoms with van der Waals surface area (Å²) >= 11 is 0. The largest absolute Gasteiger partial charge is 0.493 e. The molecule has 1 aromatic heterocycles. The van der Waals surface area contributed by atoms with Crippen LogP contribution in [0.4, 0.5) is 0 Å². The van der Waals surface area contributed by atoms with Gasteiger partial charge in [0.2, 0.25) is 5.91 Å². The van der Waals surface area contributed by atoms with Crippen molar-refractivity contribution in [3.63, 3.8) is 0 Å². The van der Waals surface area contributed by atoms with E-state index in [1.807, 2.05) is 48.0 Å². The molecule has 1 amide bonds. The van der Waals surface area contributed by atoms with Gasteiger partial charge in [-0.2, -0.15) is 5.26 Å². The van der Waals surface area contributed by atoms with E-state index in [4.69, 9.17) is 10.00 Å². The molecule has 0 aliphatic rings. The summed E-state index contributed by atoms with van der Waals surface area (Å²) in [6.45, 7) is 2.76. The predicted molar refractivity (Wildman–Crippen MR) is 71.7 cm³/mol. The van der Waals surface area contributed by atoms with E-state index in [2.05, 4.69) is 5.32 Å². The molecule has 2 rings (SSSR count). The fraction of sp³-hybridized carbons (Fsp3) is 0.286. The number of aromatic nitrogens is 1. The van der Waals surface area contributed by atoms with Crippen LogP contribution in [-0.4, -0.2) is 23.6 Å². The third kappa shape index (κ3) is 2.86. The maximum atomic E-state index is 11.6. The molecule has 0 saturated heterocycles. The molecule has 0 radical (unpaired) electrons. The van der Waals surface area contributed by atoms with Crippen molar-refractivity contribution in [1.82, 2.24) is 9.88 Å². The highest BCUT2D eigenvalue weighted by molar-refractivity contribution is 5.88. The van der Waals surface area contributed by atoms with Crippen molar-refractivity contribution < 1.29 is 9.53 Å². The van der Waals surface area contributed by atoms with Gasteiger partial charge in [-0.15, -0.1) is 0 Å². The van der Waals surface area contributed by atoms with Crippen LogP contribution in [0.2, 0.25) is 0 Å². The summed E-state index contributed by atoms with van der Waals surface area (Å²) in [5, 5.41) is 11.9. The van der Waals surface area contributed by atoms with Crippen molar-refractivity contribution >= 4 is 16.8 Å². The second-order valence-electron chi connectivity index (χ2n) is 4.00. The van der Waals surface area contributed by atoms with Crippen LogP contribution in [0.25, 0.3) is 10.9 Å². The number of benzene rings is 1. The maximum absolute atomic E-state index is 11.6. The van der Waals surface area contributed by atoms with Crippen LogP contribution in [0.1, 0.15) is 6.92 Å². The van der Waals surface area contributed by atoms with E-state index in [-0.39, 0.29) is 19.0 Å². The zero-order chi connectivity index (χ0) is 13.7. The van der Waals surface area contributed by atoms with Gasteiger partial charge >= 0.3 is 0 Å². The molecule has 5 nitrogen and oxygen atoms in total. The number of nitriles is 1. The van der Waals surface area contributed by atoms with Gasteiger partial charge in [-0.3, -0.25) is 4.79 Å². The normalized spacial score (nSPS) is 10.1. The van der Waals surface area contributed by atoms with E-state index in [9.17, 15) is 4.79 Å². The highest BCUT2D eigenvalue weighted by Gasteiger charge is 2.08. The number of amides is 1. The number of carbonyl (C=O) groups excluding carboxylic acids is 1. The first-order valence-corrected chi connectivity index (χ1v) is 6.10. The fourth-order valence-electron chi connectivity index (χ4n) is 1.96. The molecule has 0 unspecified atom stereocenters. The van der Waals surface area contributed by atoms with Crippen molar-refractivity contribution in [2.75, 3.05) is 13.2 Å². The van der Waals surface area contributed by atoms with Gasteiger partial charge in [-0.25, -0.2) is 0 Å².